The second kappa shape index (κ2) is 3.14. The van der Waals surface area contributed by atoms with E-state index < -0.39 is 5.60 Å². The van der Waals surface area contributed by atoms with Crippen LogP contribution in [0.5, 0.6) is 0 Å². The van der Waals surface area contributed by atoms with Crippen LogP contribution in [0.4, 0.5) is 0 Å². The fourth-order valence-corrected chi connectivity index (χ4v) is 2.69. The number of allylic oxidation sites excluding steroid dienone is 2. The summed E-state index contributed by atoms with van der Waals surface area (Å²) in [4.78, 5) is 0. The molecule has 0 aliphatic heterocycles. The average Bonchev–Trinajstić information content (AvgIpc) is 2.06. The lowest BCUT2D eigenvalue weighted by atomic mass is 9.71. The molecule has 2 aliphatic carbocycles. The Balaban J connectivity index is 2.34. The molecule has 0 aromatic carbocycles. The van der Waals surface area contributed by atoms with Crippen molar-refractivity contribution in [2.75, 3.05) is 0 Å². The summed E-state index contributed by atoms with van der Waals surface area (Å²) < 4.78 is 0. The fourth-order valence-electron chi connectivity index (χ4n) is 2.39. The van der Waals surface area contributed by atoms with Crippen molar-refractivity contribution in [3.05, 3.63) is 22.8 Å². The van der Waals surface area contributed by atoms with E-state index in [-0.39, 0.29) is 5.92 Å². The average molecular weight is 199 g/mol. The van der Waals surface area contributed by atoms with E-state index in [0.717, 1.165) is 30.7 Å². The van der Waals surface area contributed by atoms with Crippen molar-refractivity contribution in [1.29, 1.82) is 0 Å². The van der Waals surface area contributed by atoms with Crippen LogP contribution in [-0.4, -0.2) is 10.7 Å². The first-order chi connectivity index (χ1) is 6.11. The van der Waals surface area contributed by atoms with Gasteiger partial charge in [-0.1, -0.05) is 23.8 Å². The van der Waals surface area contributed by atoms with Crippen LogP contribution in [0.2, 0.25) is 0 Å². The molecule has 2 heteroatoms. The second-order valence-electron chi connectivity index (χ2n) is 4.25. The summed E-state index contributed by atoms with van der Waals surface area (Å²) in [6.45, 7) is 1.91. The minimum absolute atomic E-state index is 0.169. The standard InChI is InChI=1S/C11H15ClO/c1-11(13)7-3-4-8-9(11)5-2-6-10(8)12/h2,5,9,13H,3-4,6-7H2,1H3/t9-,11-/m0/s1. The zero-order chi connectivity index (χ0) is 9.47. The van der Waals surface area contributed by atoms with Gasteiger partial charge in [-0.05, 0) is 31.8 Å². The predicted octanol–water partition coefficient (Wildman–Crippen LogP) is 2.99. The van der Waals surface area contributed by atoms with Crippen molar-refractivity contribution in [2.45, 2.75) is 38.2 Å². The van der Waals surface area contributed by atoms with Crippen LogP contribution in [-0.2, 0) is 0 Å². The Morgan fingerprint density at radius 2 is 2.38 bits per heavy atom. The highest BCUT2D eigenvalue weighted by molar-refractivity contribution is 6.30. The molecular formula is C11H15ClO. The third kappa shape index (κ3) is 1.55. The topological polar surface area (TPSA) is 20.2 Å². The molecular weight excluding hydrogens is 184 g/mol. The van der Waals surface area contributed by atoms with Crippen molar-refractivity contribution in [2.24, 2.45) is 5.92 Å². The quantitative estimate of drug-likeness (QED) is 0.594. The highest BCUT2D eigenvalue weighted by Crippen LogP contribution is 2.43. The molecule has 1 fully saturated rings. The van der Waals surface area contributed by atoms with Gasteiger partial charge in [0, 0.05) is 17.4 Å². The Bertz CT molecular complexity index is 276. The first-order valence-electron chi connectivity index (χ1n) is 4.88. The maximum absolute atomic E-state index is 10.1. The lowest BCUT2D eigenvalue weighted by Crippen LogP contribution is -2.38. The van der Waals surface area contributed by atoms with Gasteiger partial charge in [0.15, 0.2) is 0 Å². The number of hydrogen-bond donors (Lipinski definition) is 1. The highest BCUT2D eigenvalue weighted by Gasteiger charge is 2.37. The summed E-state index contributed by atoms with van der Waals surface area (Å²) in [7, 11) is 0. The van der Waals surface area contributed by atoms with E-state index in [9.17, 15) is 5.11 Å². The molecule has 1 nitrogen and oxygen atoms in total. The predicted molar refractivity (Wildman–Crippen MR) is 54.6 cm³/mol. The van der Waals surface area contributed by atoms with Gasteiger partial charge in [-0.3, -0.25) is 0 Å². The number of aliphatic hydroxyl groups is 1. The smallest absolute Gasteiger partial charge is 0.0719 e. The normalized spacial score (nSPS) is 39.2. The number of halogens is 1. The zero-order valence-corrected chi connectivity index (χ0v) is 8.64. The maximum atomic E-state index is 10.1. The van der Waals surface area contributed by atoms with Gasteiger partial charge in [-0.15, -0.1) is 0 Å². The molecule has 72 valence electrons. The molecule has 0 aromatic heterocycles. The zero-order valence-electron chi connectivity index (χ0n) is 7.89. The van der Waals surface area contributed by atoms with E-state index in [1.807, 2.05) is 6.92 Å². The van der Waals surface area contributed by atoms with Crippen molar-refractivity contribution in [3.63, 3.8) is 0 Å². The lowest BCUT2D eigenvalue weighted by molar-refractivity contribution is 0.00743. The highest BCUT2D eigenvalue weighted by atomic mass is 35.5. The summed E-state index contributed by atoms with van der Waals surface area (Å²) in [5, 5.41) is 11.1. The molecule has 2 aliphatic rings. The minimum Gasteiger partial charge on any atom is -0.389 e. The lowest BCUT2D eigenvalue weighted by Gasteiger charge is -2.39. The van der Waals surface area contributed by atoms with Crippen LogP contribution in [0, 0.1) is 5.92 Å². The van der Waals surface area contributed by atoms with Gasteiger partial charge in [-0.25, -0.2) is 0 Å². The molecule has 0 bridgehead atoms. The Labute approximate surface area is 84.1 Å². The first kappa shape index (κ1) is 9.29. The van der Waals surface area contributed by atoms with E-state index >= 15 is 0 Å². The van der Waals surface area contributed by atoms with E-state index in [1.165, 1.54) is 5.57 Å². The van der Waals surface area contributed by atoms with Crippen LogP contribution >= 0.6 is 11.6 Å². The summed E-state index contributed by atoms with van der Waals surface area (Å²) in [6, 6.07) is 0. The molecule has 2 atom stereocenters. The SMILES string of the molecule is C[C@]1(O)CCCC2=C(Cl)CC=C[C@@H]21. The molecule has 0 radical (unpaired) electrons. The van der Waals surface area contributed by atoms with Gasteiger partial charge in [0.1, 0.15) is 0 Å². The van der Waals surface area contributed by atoms with E-state index in [0.29, 0.717) is 0 Å². The maximum Gasteiger partial charge on any atom is 0.0719 e. The third-order valence-corrected chi connectivity index (χ3v) is 3.55. The summed E-state index contributed by atoms with van der Waals surface area (Å²) in [5.74, 6) is 0.169. The Morgan fingerprint density at radius 3 is 3.08 bits per heavy atom. The van der Waals surface area contributed by atoms with Gasteiger partial charge >= 0.3 is 0 Å². The van der Waals surface area contributed by atoms with Crippen molar-refractivity contribution >= 4 is 11.6 Å². The number of rotatable bonds is 0. The Kier molecular flexibility index (Phi) is 2.25. The third-order valence-electron chi connectivity index (χ3n) is 3.15. The molecule has 0 aromatic rings. The van der Waals surface area contributed by atoms with Crippen molar-refractivity contribution in [3.8, 4) is 0 Å². The monoisotopic (exact) mass is 198 g/mol. The van der Waals surface area contributed by atoms with Gasteiger partial charge in [0.05, 0.1) is 5.60 Å². The minimum atomic E-state index is -0.579. The molecule has 1 N–H and O–H groups in total. The number of fused-ring (bicyclic) bond motifs is 1. The molecule has 0 saturated heterocycles. The molecule has 1 saturated carbocycles. The molecule has 0 amide bonds. The van der Waals surface area contributed by atoms with E-state index in [4.69, 9.17) is 11.6 Å². The van der Waals surface area contributed by atoms with E-state index in [1.54, 1.807) is 0 Å². The summed E-state index contributed by atoms with van der Waals surface area (Å²) in [6.07, 6.45) is 8.03. The van der Waals surface area contributed by atoms with Gasteiger partial charge < -0.3 is 5.11 Å². The number of hydrogen-bond acceptors (Lipinski definition) is 1. The Hall–Kier alpha value is -0.270. The Morgan fingerprint density at radius 1 is 1.62 bits per heavy atom. The molecule has 0 unspecified atom stereocenters. The van der Waals surface area contributed by atoms with Crippen molar-refractivity contribution in [1.82, 2.24) is 0 Å². The summed E-state index contributed by atoms with van der Waals surface area (Å²) in [5.41, 5.74) is 0.686. The van der Waals surface area contributed by atoms with Crippen molar-refractivity contribution < 1.29 is 5.11 Å². The molecule has 0 heterocycles. The van der Waals surface area contributed by atoms with Crippen LogP contribution in [0.25, 0.3) is 0 Å². The van der Waals surface area contributed by atoms with Crippen LogP contribution < -0.4 is 0 Å². The fraction of sp³-hybridized carbons (Fsp3) is 0.636. The largest absolute Gasteiger partial charge is 0.389 e. The van der Waals surface area contributed by atoms with Gasteiger partial charge in [0.2, 0.25) is 0 Å². The van der Waals surface area contributed by atoms with Gasteiger partial charge in [-0.2, -0.15) is 0 Å². The first-order valence-corrected chi connectivity index (χ1v) is 5.25. The van der Waals surface area contributed by atoms with Crippen LogP contribution in [0.3, 0.4) is 0 Å². The molecule has 13 heavy (non-hydrogen) atoms. The summed E-state index contributed by atoms with van der Waals surface area (Å²) >= 11 is 6.13. The van der Waals surface area contributed by atoms with Crippen LogP contribution in [0.15, 0.2) is 22.8 Å². The molecule has 2 rings (SSSR count). The van der Waals surface area contributed by atoms with Gasteiger partial charge in [0.25, 0.3) is 0 Å². The van der Waals surface area contributed by atoms with Crippen LogP contribution in [0.1, 0.15) is 32.6 Å². The van der Waals surface area contributed by atoms with E-state index in [2.05, 4.69) is 12.2 Å². The second-order valence-corrected chi connectivity index (χ2v) is 4.71. The molecule has 0 spiro atoms.